The predicted octanol–water partition coefficient (Wildman–Crippen LogP) is 2.52. The van der Waals surface area contributed by atoms with Crippen LogP contribution >= 0.6 is 0 Å². The number of methoxy groups -OCH3 is 1. The van der Waals surface area contributed by atoms with E-state index in [4.69, 9.17) is 4.74 Å². The standard InChI is InChI=1S/C23H23N5O3/c1-25-10-12-26(13-11-25)23(30)27-15-19-21(18-14-17(31-2)8-9-20(18)27)24-28(22(19)29)16-6-4-3-5-7-16/h3-9,14-15H,10-13H2,1-2H3. The molecule has 3 aliphatic heterocycles. The van der Waals surface area contributed by atoms with Crippen molar-refractivity contribution in [3.05, 3.63) is 65.1 Å². The maximum Gasteiger partial charge on any atom is 0.328 e. The first kappa shape index (κ1) is 19.3. The van der Waals surface area contributed by atoms with E-state index in [1.807, 2.05) is 60.5 Å². The molecule has 3 aliphatic rings. The SMILES string of the molecule is COc1ccc2c(c1)c1nn(-c3ccccc3)c(=O)c-1cn2C(=O)N1CCN(C)CC1. The number of likely N-dealkylation sites (N-methyl/N-ethyl adjacent to an activating group) is 1. The quantitative estimate of drug-likeness (QED) is 0.501. The van der Waals surface area contributed by atoms with Crippen LogP contribution in [0.1, 0.15) is 0 Å². The Kier molecular flexibility index (Phi) is 4.71. The molecule has 1 fully saturated rings. The Labute approximate surface area is 179 Å². The van der Waals surface area contributed by atoms with E-state index in [2.05, 4.69) is 10.00 Å². The molecule has 8 nitrogen and oxygen atoms in total. The van der Waals surface area contributed by atoms with E-state index >= 15 is 0 Å². The highest BCUT2D eigenvalue weighted by molar-refractivity contribution is 5.99. The minimum atomic E-state index is -0.258. The molecular formula is C23H23N5O3. The molecule has 5 rings (SSSR count). The molecule has 0 radical (unpaired) electrons. The molecule has 0 atom stereocenters. The van der Waals surface area contributed by atoms with Gasteiger partial charge in [0.1, 0.15) is 11.4 Å². The van der Waals surface area contributed by atoms with E-state index in [9.17, 15) is 9.59 Å². The number of piperazine rings is 1. The van der Waals surface area contributed by atoms with Crippen molar-refractivity contribution >= 4 is 16.9 Å². The number of amides is 1. The van der Waals surface area contributed by atoms with Crippen molar-refractivity contribution in [3.63, 3.8) is 0 Å². The summed E-state index contributed by atoms with van der Waals surface area (Å²) in [5.41, 5.74) is 2.05. The number of para-hydroxylation sites is 1. The Balaban J connectivity index is 1.74. The lowest BCUT2D eigenvalue weighted by Gasteiger charge is -2.33. The molecule has 2 aromatic rings. The van der Waals surface area contributed by atoms with Crippen molar-refractivity contribution in [2.24, 2.45) is 0 Å². The smallest absolute Gasteiger partial charge is 0.328 e. The number of hydrogen-bond acceptors (Lipinski definition) is 5. The van der Waals surface area contributed by atoms with Crippen molar-refractivity contribution in [3.8, 4) is 22.7 Å². The van der Waals surface area contributed by atoms with Crippen LogP contribution in [0.15, 0.2) is 59.5 Å². The third kappa shape index (κ3) is 3.25. The molecular weight excluding hydrogens is 394 g/mol. The molecule has 2 aromatic carbocycles. The number of benzene rings is 2. The topological polar surface area (TPSA) is 72.6 Å². The van der Waals surface area contributed by atoms with Crippen molar-refractivity contribution in [2.75, 3.05) is 40.3 Å². The molecule has 0 aliphatic carbocycles. The molecule has 0 spiro atoms. The van der Waals surface area contributed by atoms with Crippen LogP contribution in [0, 0.1) is 0 Å². The fourth-order valence-electron chi connectivity index (χ4n) is 4.02. The average Bonchev–Trinajstić information content (AvgIpc) is 3.15. The number of aromatic nitrogens is 3. The van der Waals surface area contributed by atoms with Gasteiger partial charge in [0.25, 0.3) is 5.56 Å². The van der Waals surface area contributed by atoms with Crippen molar-refractivity contribution in [1.82, 2.24) is 24.1 Å². The number of nitrogens with zero attached hydrogens (tertiary/aromatic N) is 5. The van der Waals surface area contributed by atoms with Gasteiger partial charge in [0.15, 0.2) is 0 Å². The van der Waals surface area contributed by atoms with Gasteiger partial charge in [0.05, 0.1) is 23.9 Å². The summed E-state index contributed by atoms with van der Waals surface area (Å²) in [6.07, 6.45) is 1.62. The van der Waals surface area contributed by atoms with E-state index in [1.54, 1.807) is 17.9 Å². The average molecular weight is 417 g/mol. The maximum absolute atomic E-state index is 13.4. The lowest BCUT2D eigenvalue weighted by Crippen LogP contribution is -2.48. The van der Waals surface area contributed by atoms with Gasteiger partial charge in [-0.3, -0.25) is 9.36 Å². The molecule has 1 amide bonds. The Morgan fingerprint density at radius 1 is 1.03 bits per heavy atom. The van der Waals surface area contributed by atoms with E-state index in [1.165, 1.54) is 4.68 Å². The number of pyridine rings is 1. The molecule has 0 N–H and O–H groups in total. The van der Waals surface area contributed by atoms with Crippen LogP contribution in [0.2, 0.25) is 0 Å². The summed E-state index contributed by atoms with van der Waals surface area (Å²) in [7, 11) is 3.64. The molecule has 8 heteroatoms. The first-order valence-corrected chi connectivity index (χ1v) is 10.2. The van der Waals surface area contributed by atoms with Crippen LogP contribution < -0.4 is 10.3 Å². The zero-order valence-electron chi connectivity index (χ0n) is 17.5. The van der Waals surface area contributed by atoms with Gasteiger partial charge in [-0.2, -0.15) is 9.78 Å². The first-order chi connectivity index (χ1) is 15.1. The third-order valence-electron chi connectivity index (χ3n) is 5.84. The Hall–Kier alpha value is -3.65. The predicted molar refractivity (Wildman–Crippen MR) is 118 cm³/mol. The van der Waals surface area contributed by atoms with Crippen LogP contribution in [0.5, 0.6) is 5.75 Å². The van der Waals surface area contributed by atoms with Crippen LogP contribution in [0.25, 0.3) is 27.8 Å². The second-order valence-corrected chi connectivity index (χ2v) is 7.77. The fourth-order valence-corrected chi connectivity index (χ4v) is 4.02. The van der Waals surface area contributed by atoms with Crippen molar-refractivity contribution < 1.29 is 9.53 Å². The lowest BCUT2D eigenvalue weighted by molar-refractivity contribution is 0.156. The van der Waals surface area contributed by atoms with Gasteiger partial charge >= 0.3 is 6.03 Å². The summed E-state index contributed by atoms with van der Waals surface area (Å²) in [6, 6.07) is 14.6. The number of rotatable bonds is 2. The first-order valence-electron chi connectivity index (χ1n) is 10.2. The zero-order valence-corrected chi connectivity index (χ0v) is 17.5. The molecule has 0 unspecified atom stereocenters. The molecule has 1 saturated heterocycles. The monoisotopic (exact) mass is 417 g/mol. The maximum atomic E-state index is 13.4. The van der Waals surface area contributed by atoms with E-state index in [0.717, 1.165) is 13.1 Å². The van der Waals surface area contributed by atoms with Gasteiger partial charge in [-0.1, -0.05) is 18.2 Å². The number of ether oxygens (including phenoxy) is 1. The Bertz CT molecular complexity index is 1290. The van der Waals surface area contributed by atoms with Crippen molar-refractivity contribution in [2.45, 2.75) is 0 Å². The molecule has 0 aromatic heterocycles. The van der Waals surface area contributed by atoms with Crippen LogP contribution in [-0.2, 0) is 0 Å². The molecule has 0 saturated carbocycles. The van der Waals surface area contributed by atoms with E-state index in [-0.39, 0.29) is 11.6 Å². The number of fused-ring (bicyclic) bond motifs is 3. The molecule has 31 heavy (non-hydrogen) atoms. The summed E-state index contributed by atoms with van der Waals surface area (Å²) in [5.74, 6) is 0.639. The van der Waals surface area contributed by atoms with Gasteiger partial charge in [-0.15, -0.1) is 0 Å². The second-order valence-electron chi connectivity index (χ2n) is 7.77. The normalized spacial score (nSPS) is 15.0. The van der Waals surface area contributed by atoms with E-state index < -0.39 is 0 Å². The summed E-state index contributed by atoms with van der Waals surface area (Å²) in [4.78, 5) is 30.7. The summed E-state index contributed by atoms with van der Waals surface area (Å²) < 4.78 is 8.35. The summed E-state index contributed by atoms with van der Waals surface area (Å²) in [6.45, 7) is 2.93. The summed E-state index contributed by atoms with van der Waals surface area (Å²) >= 11 is 0. The fraction of sp³-hybridized carbons (Fsp3) is 0.261. The summed E-state index contributed by atoms with van der Waals surface area (Å²) in [5, 5.41) is 5.31. The van der Waals surface area contributed by atoms with Crippen LogP contribution in [0.3, 0.4) is 0 Å². The Morgan fingerprint density at radius 2 is 1.77 bits per heavy atom. The molecule has 0 bridgehead atoms. The highest BCUT2D eigenvalue weighted by Gasteiger charge is 2.26. The van der Waals surface area contributed by atoms with Gasteiger partial charge in [0, 0.05) is 37.8 Å². The van der Waals surface area contributed by atoms with Crippen LogP contribution in [0.4, 0.5) is 4.79 Å². The highest BCUT2D eigenvalue weighted by Crippen LogP contribution is 2.31. The van der Waals surface area contributed by atoms with Crippen molar-refractivity contribution in [1.29, 1.82) is 0 Å². The minimum Gasteiger partial charge on any atom is -0.497 e. The Morgan fingerprint density at radius 3 is 2.48 bits per heavy atom. The lowest BCUT2D eigenvalue weighted by atomic mass is 10.1. The number of carbonyl (C=O) groups excluding carboxylic acids is 1. The van der Waals surface area contributed by atoms with E-state index in [0.29, 0.717) is 46.7 Å². The van der Waals surface area contributed by atoms with Crippen LogP contribution in [-0.4, -0.2) is 70.5 Å². The zero-order chi connectivity index (χ0) is 21.5. The number of carbonyl (C=O) groups is 1. The van der Waals surface area contributed by atoms with Gasteiger partial charge in [-0.05, 0) is 37.4 Å². The highest BCUT2D eigenvalue weighted by atomic mass is 16.5. The second kappa shape index (κ2) is 7.55. The van der Waals surface area contributed by atoms with Gasteiger partial charge in [0.2, 0.25) is 0 Å². The largest absolute Gasteiger partial charge is 0.497 e. The van der Waals surface area contributed by atoms with Gasteiger partial charge in [-0.25, -0.2) is 4.79 Å². The molecule has 158 valence electrons. The minimum absolute atomic E-state index is 0.142. The van der Waals surface area contributed by atoms with Gasteiger partial charge < -0.3 is 14.5 Å². The third-order valence-corrected chi connectivity index (χ3v) is 5.84. The number of hydrogen-bond donors (Lipinski definition) is 0. The molecule has 3 heterocycles.